The van der Waals surface area contributed by atoms with Gasteiger partial charge in [0.05, 0.1) is 0 Å². The molecule has 0 aliphatic heterocycles. The maximum atomic E-state index is 10.1. The fourth-order valence-corrected chi connectivity index (χ4v) is 0.735. The molecule has 0 N–H and O–H groups in total. The molecule has 0 spiro atoms. The van der Waals surface area contributed by atoms with Crippen molar-refractivity contribution >= 4 is 6.29 Å². The standard InChI is InChI=1S/C8H14O/c1-4-5-7(2)8(3)6-9/h6-7H,3-5H2,1-2H3. The van der Waals surface area contributed by atoms with E-state index in [-0.39, 0.29) is 0 Å². The van der Waals surface area contributed by atoms with Crippen LogP contribution in [0.5, 0.6) is 0 Å². The normalized spacial score (nSPS) is 12.7. The lowest BCUT2D eigenvalue weighted by Crippen LogP contribution is -1.97. The topological polar surface area (TPSA) is 17.1 Å². The summed E-state index contributed by atoms with van der Waals surface area (Å²) in [6.45, 7) is 7.76. The summed E-state index contributed by atoms with van der Waals surface area (Å²) < 4.78 is 0. The molecule has 0 fully saturated rings. The number of carbonyl (C=O) groups excluding carboxylic acids is 1. The molecule has 1 unspecified atom stereocenters. The van der Waals surface area contributed by atoms with Crippen LogP contribution in [0, 0.1) is 5.92 Å². The summed E-state index contributed by atoms with van der Waals surface area (Å²) in [5, 5.41) is 0. The van der Waals surface area contributed by atoms with Crippen molar-refractivity contribution < 1.29 is 4.79 Å². The third-order valence-electron chi connectivity index (χ3n) is 1.51. The highest BCUT2D eigenvalue weighted by atomic mass is 16.1. The fraction of sp³-hybridized carbons (Fsp3) is 0.625. The summed E-state index contributed by atoms with van der Waals surface area (Å²) in [5.41, 5.74) is 0.719. The Labute approximate surface area is 56.8 Å². The van der Waals surface area contributed by atoms with Crippen molar-refractivity contribution in [1.29, 1.82) is 0 Å². The van der Waals surface area contributed by atoms with Gasteiger partial charge in [-0.1, -0.05) is 26.8 Å². The van der Waals surface area contributed by atoms with Gasteiger partial charge in [-0.2, -0.15) is 0 Å². The predicted molar refractivity (Wildman–Crippen MR) is 39.3 cm³/mol. The van der Waals surface area contributed by atoms with Crippen LogP contribution in [0.25, 0.3) is 0 Å². The Morgan fingerprint density at radius 2 is 2.33 bits per heavy atom. The first-order valence-corrected chi connectivity index (χ1v) is 3.36. The van der Waals surface area contributed by atoms with Crippen LogP contribution in [0.1, 0.15) is 26.7 Å². The number of rotatable bonds is 4. The molecule has 0 aliphatic carbocycles. The molecule has 0 aromatic carbocycles. The van der Waals surface area contributed by atoms with Crippen LogP contribution in [0.3, 0.4) is 0 Å². The largest absolute Gasteiger partial charge is 0.298 e. The second-order valence-corrected chi connectivity index (χ2v) is 2.38. The van der Waals surface area contributed by atoms with E-state index >= 15 is 0 Å². The van der Waals surface area contributed by atoms with E-state index in [1.807, 2.05) is 6.92 Å². The molecular weight excluding hydrogens is 112 g/mol. The molecule has 0 heterocycles. The van der Waals surface area contributed by atoms with Crippen molar-refractivity contribution in [2.45, 2.75) is 26.7 Å². The SMILES string of the molecule is C=C(C=O)C(C)CCC. The van der Waals surface area contributed by atoms with Gasteiger partial charge in [0.1, 0.15) is 6.29 Å². The van der Waals surface area contributed by atoms with E-state index < -0.39 is 0 Å². The molecule has 0 radical (unpaired) electrons. The highest BCUT2D eigenvalue weighted by Gasteiger charge is 2.02. The van der Waals surface area contributed by atoms with Gasteiger partial charge in [0.25, 0.3) is 0 Å². The zero-order valence-corrected chi connectivity index (χ0v) is 6.18. The van der Waals surface area contributed by atoms with Crippen LogP contribution in [0.15, 0.2) is 12.2 Å². The second kappa shape index (κ2) is 4.30. The molecule has 0 bridgehead atoms. The number of aldehydes is 1. The minimum Gasteiger partial charge on any atom is -0.298 e. The van der Waals surface area contributed by atoms with E-state index in [0.29, 0.717) is 5.92 Å². The first kappa shape index (κ1) is 8.41. The van der Waals surface area contributed by atoms with Crippen molar-refractivity contribution in [3.63, 3.8) is 0 Å². The van der Waals surface area contributed by atoms with E-state index in [0.717, 1.165) is 24.7 Å². The molecule has 0 aromatic heterocycles. The van der Waals surface area contributed by atoms with Crippen LogP contribution in [-0.2, 0) is 4.79 Å². The fourth-order valence-electron chi connectivity index (χ4n) is 0.735. The van der Waals surface area contributed by atoms with Crippen LogP contribution in [0.4, 0.5) is 0 Å². The van der Waals surface area contributed by atoms with Gasteiger partial charge in [0.15, 0.2) is 0 Å². The Bertz CT molecular complexity index is 105. The Balaban J connectivity index is 3.58. The van der Waals surface area contributed by atoms with Gasteiger partial charge >= 0.3 is 0 Å². The van der Waals surface area contributed by atoms with Crippen molar-refractivity contribution in [2.24, 2.45) is 5.92 Å². The Hall–Kier alpha value is -0.590. The average molecular weight is 126 g/mol. The van der Waals surface area contributed by atoms with Gasteiger partial charge < -0.3 is 0 Å². The van der Waals surface area contributed by atoms with Crippen molar-refractivity contribution in [3.05, 3.63) is 12.2 Å². The van der Waals surface area contributed by atoms with Crippen molar-refractivity contribution in [3.8, 4) is 0 Å². The Morgan fingerprint density at radius 3 is 2.67 bits per heavy atom. The van der Waals surface area contributed by atoms with Gasteiger partial charge in [0, 0.05) is 0 Å². The van der Waals surface area contributed by atoms with E-state index in [9.17, 15) is 4.79 Å². The van der Waals surface area contributed by atoms with Gasteiger partial charge in [-0.05, 0) is 17.9 Å². The van der Waals surface area contributed by atoms with E-state index in [1.165, 1.54) is 0 Å². The summed E-state index contributed by atoms with van der Waals surface area (Å²) >= 11 is 0. The molecule has 0 aromatic rings. The monoisotopic (exact) mass is 126 g/mol. The number of allylic oxidation sites excluding steroid dienone is 1. The number of hydrogen-bond acceptors (Lipinski definition) is 1. The summed E-state index contributed by atoms with van der Waals surface area (Å²) in [6.07, 6.45) is 3.03. The molecule has 0 amide bonds. The molecule has 0 saturated heterocycles. The third kappa shape index (κ3) is 3.07. The predicted octanol–water partition coefficient (Wildman–Crippen LogP) is 2.18. The van der Waals surface area contributed by atoms with Crippen LogP contribution in [0.2, 0.25) is 0 Å². The van der Waals surface area contributed by atoms with Crippen molar-refractivity contribution in [1.82, 2.24) is 0 Å². The summed E-state index contributed by atoms with van der Waals surface area (Å²) in [6, 6.07) is 0. The lowest BCUT2D eigenvalue weighted by molar-refractivity contribution is -0.105. The molecule has 1 heteroatoms. The van der Waals surface area contributed by atoms with Gasteiger partial charge in [-0.15, -0.1) is 0 Å². The van der Waals surface area contributed by atoms with Crippen LogP contribution >= 0.6 is 0 Å². The summed E-state index contributed by atoms with van der Waals surface area (Å²) in [7, 11) is 0. The molecule has 0 saturated carbocycles. The number of hydrogen-bond donors (Lipinski definition) is 0. The maximum Gasteiger partial charge on any atom is 0.145 e. The first-order valence-electron chi connectivity index (χ1n) is 3.36. The van der Waals surface area contributed by atoms with Crippen molar-refractivity contribution in [2.75, 3.05) is 0 Å². The minimum atomic E-state index is 0.368. The van der Waals surface area contributed by atoms with Crippen LogP contribution < -0.4 is 0 Å². The van der Waals surface area contributed by atoms with E-state index in [2.05, 4.69) is 13.5 Å². The number of carbonyl (C=O) groups is 1. The molecule has 0 aliphatic rings. The average Bonchev–Trinajstić information content (AvgIpc) is 1.87. The molecule has 1 atom stereocenters. The smallest absolute Gasteiger partial charge is 0.145 e. The highest BCUT2D eigenvalue weighted by Crippen LogP contribution is 2.11. The van der Waals surface area contributed by atoms with E-state index in [1.54, 1.807) is 0 Å². The molecule has 0 rings (SSSR count). The molecule has 1 nitrogen and oxygen atoms in total. The Kier molecular flexibility index (Phi) is 4.02. The lowest BCUT2D eigenvalue weighted by atomic mass is 9.99. The quantitative estimate of drug-likeness (QED) is 0.417. The zero-order chi connectivity index (χ0) is 7.28. The minimum absolute atomic E-state index is 0.368. The maximum absolute atomic E-state index is 10.1. The third-order valence-corrected chi connectivity index (χ3v) is 1.51. The molecule has 9 heavy (non-hydrogen) atoms. The van der Waals surface area contributed by atoms with Gasteiger partial charge in [-0.3, -0.25) is 4.79 Å². The second-order valence-electron chi connectivity index (χ2n) is 2.38. The lowest BCUT2D eigenvalue weighted by Gasteiger charge is -2.05. The van der Waals surface area contributed by atoms with Crippen LogP contribution in [-0.4, -0.2) is 6.29 Å². The molecular formula is C8H14O. The van der Waals surface area contributed by atoms with E-state index in [4.69, 9.17) is 0 Å². The highest BCUT2D eigenvalue weighted by molar-refractivity contribution is 5.72. The Morgan fingerprint density at radius 1 is 1.78 bits per heavy atom. The summed E-state index contributed by atoms with van der Waals surface area (Å²) in [5.74, 6) is 0.368. The molecule has 52 valence electrons. The van der Waals surface area contributed by atoms with Gasteiger partial charge in [0.2, 0.25) is 0 Å². The zero-order valence-electron chi connectivity index (χ0n) is 6.18. The van der Waals surface area contributed by atoms with Gasteiger partial charge in [-0.25, -0.2) is 0 Å². The summed E-state index contributed by atoms with van der Waals surface area (Å²) in [4.78, 5) is 10.1. The first-order chi connectivity index (χ1) is 4.22.